The van der Waals surface area contributed by atoms with Gasteiger partial charge >= 0.3 is 117 Å². The van der Waals surface area contributed by atoms with Crippen molar-refractivity contribution < 1.29 is 47.7 Å². The van der Waals surface area contributed by atoms with E-state index in [0.29, 0.717) is 6.34 Å². The third-order valence-electron chi connectivity index (χ3n) is 4.59. The first-order valence-electron chi connectivity index (χ1n) is 6.32. The van der Waals surface area contributed by atoms with Crippen LogP contribution in [0, 0.1) is 0 Å². The molecule has 0 aromatic heterocycles. The minimum Gasteiger partial charge on any atom is -1.00 e. The van der Waals surface area contributed by atoms with Crippen molar-refractivity contribution in [2.45, 2.75) is 47.9 Å². The van der Waals surface area contributed by atoms with E-state index in [9.17, 15) is 0 Å². The van der Waals surface area contributed by atoms with E-state index >= 15 is 0 Å². The molecule has 0 radical (unpaired) electrons. The fourth-order valence-corrected chi connectivity index (χ4v) is 10.6. The maximum atomic E-state index is 2.47. The molecule has 2 rings (SSSR count). The monoisotopic (exact) mass is 464 g/mol. The van der Waals surface area contributed by atoms with Crippen LogP contribution >= 0.6 is 0 Å². The van der Waals surface area contributed by atoms with Crippen LogP contribution in [0.25, 0.3) is 0 Å². The fourth-order valence-electron chi connectivity index (χ4n) is 2.71. The molecule has 2 aliphatic rings. The van der Waals surface area contributed by atoms with Crippen molar-refractivity contribution in [2.75, 3.05) is 0 Å². The van der Waals surface area contributed by atoms with Crippen LogP contribution in [0.1, 0.15) is 41.5 Å². The summed E-state index contributed by atoms with van der Waals surface area (Å²) in [5, 5.41) is 0. The van der Waals surface area contributed by atoms with Crippen molar-refractivity contribution in [1.82, 2.24) is 0 Å². The predicted octanol–water partition coefficient (Wildman–Crippen LogP) is -0.753. The second-order valence-electron chi connectivity index (χ2n) is 5.81. The molecule has 0 aliphatic heterocycles. The number of allylic oxidation sites excluding steroid dienone is 8. The Morgan fingerprint density at radius 2 is 1.05 bits per heavy atom. The second-order valence-corrected chi connectivity index (χ2v) is 14.2. The van der Waals surface area contributed by atoms with Crippen LogP contribution in [-0.2, 0) is 22.9 Å². The van der Waals surface area contributed by atoms with E-state index in [1.165, 1.54) is 11.1 Å². The average molecular weight is 464 g/mol. The molecule has 3 heteroatoms. The van der Waals surface area contributed by atoms with Crippen LogP contribution in [0.2, 0.25) is 6.34 Å². The van der Waals surface area contributed by atoms with Gasteiger partial charge in [-0.1, -0.05) is 0 Å². The van der Waals surface area contributed by atoms with Crippen LogP contribution in [0.5, 0.6) is 0 Å². The summed E-state index contributed by atoms with van der Waals surface area (Å²) in [5.74, 6) is 0. The van der Waals surface area contributed by atoms with Gasteiger partial charge < -0.3 is 24.8 Å². The maximum Gasteiger partial charge on any atom is -1.00 e. The molecule has 104 valence electrons. The molecule has 0 nitrogen and oxygen atoms in total. The van der Waals surface area contributed by atoms with E-state index in [4.69, 9.17) is 0 Å². The van der Waals surface area contributed by atoms with Gasteiger partial charge in [0.1, 0.15) is 0 Å². The van der Waals surface area contributed by atoms with Crippen LogP contribution in [0.15, 0.2) is 46.6 Å². The molecule has 0 N–H and O–H groups in total. The van der Waals surface area contributed by atoms with Gasteiger partial charge in [-0.2, -0.15) is 0 Å². The van der Waals surface area contributed by atoms with Crippen LogP contribution in [-0.4, -0.2) is 0 Å². The molecule has 0 heterocycles. The quantitative estimate of drug-likeness (QED) is 0.473. The molecule has 0 saturated carbocycles. The number of hydrogen-bond donors (Lipinski definition) is 0. The van der Waals surface area contributed by atoms with Gasteiger partial charge in [-0.3, -0.25) is 0 Å². The molecule has 2 unspecified atom stereocenters. The average Bonchev–Trinajstić information content (AvgIpc) is 2.66. The van der Waals surface area contributed by atoms with E-state index in [0.717, 1.165) is 0 Å². The molecular formula is C16H22Cl2Hf. The van der Waals surface area contributed by atoms with Gasteiger partial charge in [-0.25, -0.2) is 0 Å². The number of rotatable bonds is 2. The maximum absolute atomic E-state index is 2.47. The standard InChI is InChI=1S/2C8H11.2ClH.Hf/c2*1-6-4-5-7(2)8(6)3;;;/h2*4-5H,1-3H3;2*1H;/q;;;;+2/p-2. The Labute approximate surface area is 141 Å². The zero-order chi connectivity index (χ0) is 12.8. The Morgan fingerprint density at radius 3 is 1.26 bits per heavy atom. The second kappa shape index (κ2) is 6.45. The first-order valence-corrected chi connectivity index (χ1v) is 9.91. The van der Waals surface area contributed by atoms with Gasteiger partial charge in [0, 0.05) is 0 Å². The van der Waals surface area contributed by atoms with Crippen molar-refractivity contribution in [1.29, 1.82) is 0 Å². The molecule has 0 aromatic carbocycles. The summed E-state index contributed by atoms with van der Waals surface area (Å²) < 4.78 is 0.851. The zero-order valence-electron chi connectivity index (χ0n) is 12.6. The van der Waals surface area contributed by atoms with Crippen molar-refractivity contribution in [2.24, 2.45) is 0 Å². The Balaban J connectivity index is 0.00000162. The Morgan fingerprint density at radius 1 is 0.737 bits per heavy atom. The summed E-state index contributed by atoms with van der Waals surface area (Å²) in [4.78, 5) is 0. The van der Waals surface area contributed by atoms with Crippen LogP contribution < -0.4 is 24.8 Å². The largest absolute Gasteiger partial charge is 1.00 e. The van der Waals surface area contributed by atoms with E-state index < -0.39 is 22.9 Å². The van der Waals surface area contributed by atoms with E-state index in [1.54, 1.807) is 11.1 Å². The summed E-state index contributed by atoms with van der Waals surface area (Å²) in [6.45, 7) is 14.1. The normalized spacial score (nSPS) is 32.3. The van der Waals surface area contributed by atoms with Crippen LogP contribution in [0.3, 0.4) is 0 Å². The molecule has 0 amide bonds. The predicted molar refractivity (Wildman–Crippen MR) is 71.8 cm³/mol. The van der Waals surface area contributed by atoms with Crippen molar-refractivity contribution in [3.05, 3.63) is 46.6 Å². The van der Waals surface area contributed by atoms with Gasteiger partial charge in [-0.05, 0) is 0 Å². The number of hydrogen-bond acceptors (Lipinski definition) is 0. The fraction of sp³-hybridized carbons (Fsp3) is 0.500. The SMILES string of the molecule is CC1=C(C)[C](C)([Hf+2][C]2(C)C=CC(C)=C2C)C=C1.[Cl-].[Cl-]. The first kappa shape index (κ1) is 19.4. The minimum atomic E-state index is -0.859. The Bertz CT molecular complexity index is 441. The molecule has 0 saturated heterocycles. The molecule has 0 bridgehead atoms. The van der Waals surface area contributed by atoms with Crippen molar-refractivity contribution >= 4 is 0 Å². The zero-order valence-corrected chi connectivity index (χ0v) is 17.7. The topological polar surface area (TPSA) is 0 Å². The third-order valence-corrected chi connectivity index (χ3v) is 12.2. The van der Waals surface area contributed by atoms with Gasteiger partial charge in [0.05, 0.1) is 0 Å². The molecule has 0 spiro atoms. The van der Waals surface area contributed by atoms with Crippen molar-refractivity contribution in [3.63, 3.8) is 0 Å². The third kappa shape index (κ3) is 3.36. The smallest absolute Gasteiger partial charge is 1.00 e. The Hall–Kier alpha value is 0.410. The molecule has 19 heavy (non-hydrogen) atoms. The van der Waals surface area contributed by atoms with Gasteiger partial charge in [0.15, 0.2) is 0 Å². The van der Waals surface area contributed by atoms with E-state index in [-0.39, 0.29) is 24.8 Å². The summed E-state index contributed by atoms with van der Waals surface area (Å²) in [6, 6.07) is 0. The van der Waals surface area contributed by atoms with E-state index in [1.807, 2.05) is 0 Å². The molecular weight excluding hydrogens is 442 g/mol. The molecule has 2 aliphatic carbocycles. The minimum absolute atomic E-state index is 0. The van der Waals surface area contributed by atoms with Gasteiger partial charge in [-0.15, -0.1) is 0 Å². The number of halogens is 2. The Kier molecular flexibility index (Phi) is 6.59. The molecule has 0 aromatic rings. The molecule has 2 atom stereocenters. The summed E-state index contributed by atoms with van der Waals surface area (Å²) in [7, 11) is 0. The summed E-state index contributed by atoms with van der Waals surface area (Å²) >= 11 is -0.859. The molecule has 0 fully saturated rings. The first-order chi connectivity index (χ1) is 7.78. The summed E-state index contributed by atoms with van der Waals surface area (Å²) in [5.41, 5.74) is 6.22. The van der Waals surface area contributed by atoms with Gasteiger partial charge in [0.25, 0.3) is 0 Å². The van der Waals surface area contributed by atoms with E-state index in [2.05, 4.69) is 65.8 Å². The van der Waals surface area contributed by atoms with Crippen molar-refractivity contribution in [3.8, 4) is 0 Å². The summed E-state index contributed by atoms with van der Waals surface area (Å²) in [6.07, 6.45) is 9.61. The van der Waals surface area contributed by atoms with Crippen LogP contribution in [0.4, 0.5) is 0 Å². The van der Waals surface area contributed by atoms with Gasteiger partial charge in [0.2, 0.25) is 0 Å².